The Morgan fingerprint density at radius 3 is 1.96 bits per heavy atom. The molecule has 24 heavy (non-hydrogen) atoms. The van der Waals surface area contributed by atoms with Gasteiger partial charge in [-0.2, -0.15) is 0 Å². The van der Waals surface area contributed by atoms with E-state index >= 15 is 0 Å². The van der Waals surface area contributed by atoms with Gasteiger partial charge in [0.2, 0.25) is 0 Å². The minimum atomic E-state index is -0.723. The van der Waals surface area contributed by atoms with Crippen molar-refractivity contribution in [2.24, 2.45) is 0 Å². The molecule has 3 heteroatoms. The molecule has 128 valence electrons. The maximum atomic E-state index is 14.0. The minimum absolute atomic E-state index is 0.157. The summed E-state index contributed by atoms with van der Waals surface area (Å²) >= 11 is 0. The van der Waals surface area contributed by atoms with E-state index in [-0.39, 0.29) is 5.83 Å². The Labute approximate surface area is 142 Å². The van der Waals surface area contributed by atoms with Crippen LogP contribution in [0.3, 0.4) is 0 Å². The van der Waals surface area contributed by atoms with E-state index in [0.29, 0.717) is 36.8 Å². The smallest absolute Gasteiger partial charge is 0.162 e. The molecule has 0 spiro atoms. The van der Waals surface area contributed by atoms with Crippen LogP contribution in [0.5, 0.6) is 0 Å². The zero-order valence-electron chi connectivity index (χ0n) is 14.2. The van der Waals surface area contributed by atoms with E-state index in [4.69, 9.17) is 0 Å². The third kappa shape index (κ3) is 4.98. The molecule has 2 aromatic carbocycles. The Bertz CT molecular complexity index is 696. The first-order valence-corrected chi connectivity index (χ1v) is 8.37. The van der Waals surface area contributed by atoms with E-state index < -0.39 is 11.6 Å². The van der Waals surface area contributed by atoms with E-state index in [1.165, 1.54) is 6.92 Å². The van der Waals surface area contributed by atoms with Gasteiger partial charge in [-0.15, -0.1) is 0 Å². The van der Waals surface area contributed by atoms with Crippen molar-refractivity contribution in [3.63, 3.8) is 0 Å². The summed E-state index contributed by atoms with van der Waals surface area (Å²) in [4.78, 5) is 0. The Kier molecular flexibility index (Phi) is 6.65. The van der Waals surface area contributed by atoms with Gasteiger partial charge in [-0.25, -0.2) is 13.2 Å². The molecular formula is C21H23F3. The van der Waals surface area contributed by atoms with Crippen LogP contribution < -0.4 is 0 Å². The summed E-state index contributed by atoms with van der Waals surface area (Å²) in [6, 6.07) is 11.3. The summed E-state index contributed by atoms with van der Waals surface area (Å²) < 4.78 is 40.5. The largest absolute Gasteiger partial charge is 0.212 e. The van der Waals surface area contributed by atoms with E-state index in [9.17, 15) is 13.2 Å². The average Bonchev–Trinajstić information content (AvgIpc) is 2.57. The first kappa shape index (κ1) is 18.3. The van der Waals surface area contributed by atoms with Gasteiger partial charge in [-0.1, -0.05) is 49.4 Å². The molecule has 0 N–H and O–H groups in total. The van der Waals surface area contributed by atoms with Gasteiger partial charge in [0.15, 0.2) is 11.6 Å². The van der Waals surface area contributed by atoms with Crippen LogP contribution >= 0.6 is 0 Å². The fourth-order valence-electron chi connectivity index (χ4n) is 2.68. The lowest BCUT2D eigenvalue weighted by molar-refractivity contribution is 0.490. The van der Waals surface area contributed by atoms with Crippen molar-refractivity contribution >= 4 is 0 Å². The molecule has 0 radical (unpaired) electrons. The van der Waals surface area contributed by atoms with Gasteiger partial charge in [0.25, 0.3) is 0 Å². The SMILES string of the molecule is CCc1ccc(CCc2ccc(CCC=C(C)F)cc2)c(F)c1F. The van der Waals surface area contributed by atoms with Gasteiger partial charge < -0.3 is 0 Å². The second-order valence-corrected chi connectivity index (χ2v) is 6.01. The quantitative estimate of drug-likeness (QED) is 0.573. The van der Waals surface area contributed by atoms with Crippen molar-refractivity contribution in [3.8, 4) is 0 Å². The van der Waals surface area contributed by atoms with E-state index in [0.717, 1.165) is 17.5 Å². The molecule has 0 saturated carbocycles. The maximum Gasteiger partial charge on any atom is 0.162 e. The van der Waals surface area contributed by atoms with Crippen LogP contribution in [0.15, 0.2) is 48.3 Å². The predicted molar refractivity (Wildman–Crippen MR) is 92.8 cm³/mol. The molecular weight excluding hydrogens is 309 g/mol. The van der Waals surface area contributed by atoms with E-state index in [1.54, 1.807) is 18.2 Å². The molecule has 0 heterocycles. The molecule has 0 aromatic heterocycles. The Balaban J connectivity index is 1.95. The summed E-state index contributed by atoms with van der Waals surface area (Å²) in [6.45, 7) is 3.25. The van der Waals surface area contributed by atoms with Crippen molar-refractivity contribution in [2.45, 2.75) is 46.0 Å². The number of halogens is 3. The summed E-state index contributed by atoms with van der Waals surface area (Å²) in [5, 5.41) is 0. The third-order valence-corrected chi connectivity index (χ3v) is 4.19. The highest BCUT2D eigenvalue weighted by Gasteiger charge is 2.12. The van der Waals surface area contributed by atoms with E-state index in [1.807, 2.05) is 31.2 Å². The lowest BCUT2D eigenvalue weighted by Gasteiger charge is -2.08. The second-order valence-electron chi connectivity index (χ2n) is 6.01. The summed E-state index contributed by atoms with van der Waals surface area (Å²) in [5.74, 6) is -1.60. The van der Waals surface area contributed by atoms with Crippen molar-refractivity contribution in [3.05, 3.63) is 82.2 Å². The van der Waals surface area contributed by atoms with Crippen LogP contribution in [0.25, 0.3) is 0 Å². The molecule has 0 aliphatic heterocycles. The molecule has 0 atom stereocenters. The van der Waals surface area contributed by atoms with Crippen molar-refractivity contribution in [1.29, 1.82) is 0 Å². The summed E-state index contributed by atoms with van der Waals surface area (Å²) in [7, 11) is 0. The highest BCUT2D eigenvalue weighted by atomic mass is 19.2. The molecule has 0 fully saturated rings. The average molecular weight is 332 g/mol. The lowest BCUT2D eigenvalue weighted by Crippen LogP contribution is -2.01. The standard InChI is InChI=1S/C21H23F3/c1-3-18-13-14-19(21(24)20(18)23)12-11-17-9-7-16(8-10-17)6-4-5-15(2)22/h5,7-10,13-14H,3-4,6,11-12H2,1-2H3. The number of rotatable bonds is 7. The van der Waals surface area contributed by atoms with Crippen LogP contribution in [0.4, 0.5) is 13.2 Å². The van der Waals surface area contributed by atoms with Crippen molar-refractivity contribution in [1.82, 2.24) is 0 Å². The van der Waals surface area contributed by atoms with E-state index in [2.05, 4.69) is 0 Å². The normalized spacial score (nSPS) is 11.8. The number of aryl methyl sites for hydroxylation is 4. The molecule has 0 nitrogen and oxygen atoms in total. The van der Waals surface area contributed by atoms with Crippen molar-refractivity contribution in [2.75, 3.05) is 0 Å². The summed E-state index contributed by atoms with van der Waals surface area (Å²) in [6.07, 6.45) is 4.66. The first-order chi connectivity index (χ1) is 11.5. The molecule has 0 aliphatic rings. The lowest BCUT2D eigenvalue weighted by atomic mass is 10.00. The molecule has 0 saturated heterocycles. The highest BCUT2D eigenvalue weighted by Crippen LogP contribution is 2.19. The van der Waals surface area contributed by atoms with Gasteiger partial charge in [0.05, 0.1) is 5.83 Å². The number of benzene rings is 2. The molecule has 0 unspecified atom stereocenters. The van der Waals surface area contributed by atoms with Crippen LogP contribution in [-0.2, 0) is 25.7 Å². The number of hydrogen-bond acceptors (Lipinski definition) is 0. The molecule has 2 aromatic rings. The van der Waals surface area contributed by atoms with Gasteiger partial charge in [0.1, 0.15) is 0 Å². The number of hydrogen-bond donors (Lipinski definition) is 0. The van der Waals surface area contributed by atoms with Gasteiger partial charge in [-0.3, -0.25) is 0 Å². The Morgan fingerprint density at radius 2 is 1.38 bits per heavy atom. The van der Waals surface area contributed by atoms with Crippen LogP contribution in [-0.4, -0.2) is 0 Å². The fraction of sp³-hybridized carbons (Fsp3) is 0.333. The minimum Gasteiger partial charge on any atom is -0.212 e. The molecule has 0 bridgehead atoms. The van der Waals surface area contributed by atoms with Crippen molar-refractivity contribution < 1.29 is 13.2 Å². The Morgan fingerprint density at radius 1 is 0.833 bits per heavy atom. The molecule has 0 aliphatic carbocycles. The zero-order chi connectivity index (χ0) is 17.5. The monoisotopic (exact) mass is 332 g/mol. The zero-order valence-corrected chi connectivity index (χ0v) is 14.2. The maximum absolute atomic E-state index is 14.0. The van der Waals surface area contributed by atoms with Gasteiger partial charge in [-0.05, 0) is 61.3 Å². The highest BCUT2D eigenvalue weighted by molar-refractivity contribution is 5.28. The third-order valence-electron chi connectivity index (χ3n) is 4.19. The topological polar surface area (TPSA) is 0 Å². The fourth-order valence-corrected chi connectivity index (χ4v) is 2.68. The summed E-state index contributed by atoms with van der Waals surface area (Å²) in [5.41, 5.74) is 3.05. The van der Waals surface area contributed by atoms with Crippen LogP contribution in [0, 0.1) is 11.6 Å². The molecule has 2 rings (SSSR count). The van der Waals surface area contributed by atoms with Gasteiger partial charge >= 0.3 is 0 Å². The van der Waals surface area contributed by atoms with Gasteiger partial charge in [0, 0.05) is 0 Å². The predicted octanol–water partition coefficient (Wildman–Crippen LogP) is 6.12. The van der Waals surface area contributed by atoms with Crippen LogP contribution in [0.1, 0.15) is 42.5 Å². The second kappa shape index (κ2) is 8.72. The first-order valence-electron chi connectivity index (χ1n) is 8.37. The Hall–Kier alpha value is -2.03. The number of allylic oxidation sites excluding steroid dienone is 2. The molecule has 0 amide bonds. The van der Waals surface area contributed by atoms with Crippen LogP contribution in [0.2, 0.25) is 0 Å².